The largest absolute Gasteiger partial charge is 0.139 e. The predicted octanol–water partition coefficient (Wildman–Crippen LogP) is 6.60. The Morgan fingerprint density at radius 3 is 2.50 bits per heavy atom. The first-order valence-corrected chi connectivity index (χ1v) is 8.64. The van der Waals surface area contributed by atoms with Gasteiger partial charge in [0.25, 0.3) is 0 Å². The molecule has 0 saturated heterocycles. The third-order valence-corrected chi connectivity index (χ3v) is 5.36. The highest BCUT2D eigenvalue weighted by molar-refractivity contribution is 7.23. The minimum Gasteiger partial charge on any atom is -0.139 e. The van der Waals surface area contributed by atoms with Crippen LogP contribution in [-0.2, 0) is 0 Å². The van der Waals surface area contributed by atoms with Gasteiger partial charge in [-0.3, -0.25) is 0 Å². The molecule has 1 aromatic carbocycles. The molecule has 0 nitrogen and oxygen atoms in total. The second kappa shape index (κ2) is 6.70. The summed E-state index contributed by atoms with van der Waals surface area (Å²) in [6.07, 6.45) is 5.85. The van der Waals surface area contributed by atoms with E-state index in [2.05, 4.69) is 73.4 Å². The maximum atomic E-state index is 2.89. The van der Waals surface area contributed by atoms with E-state index in [4.69, 9.17) is 0 Å². The normalized spacial score (nSPS) is 17.6. The van der Waals surface area contributed by atoms with Gasteiger partial charge >= 0.3 is 0 Å². The molecule has 1 aliphatic rings. The highest BCUT2D eigenvalue weighted by Gasteiger charge is 2.19. The SMILES string of the molecule is CC1=Cc2c(sc3ccccc23)C(C)C(P)=C1.CCC. The summed E-state index contributed by atoms with van der Waals surface area (Å²) < 4.78 is 1.40. The average Bonchev–Trinajstić information content (AvgIpc) is 2.73. The lowest BCUT2D eigenvalue weighted by Gasteiger charge is -2.09. The van der Waals surface area contributed by atoms with Gasteiger partial charge in [0.15, 0.2) is 0 Å². The molecule has 2 unspecified atom stereocenters. The van der Waals surface area contributed by atoms with Gasteiger partial charge in [0.1, 0.15) is 0 Å². The molecule has 3 rings (SSSR count). The van der Waals surface area contributed by atoms with Crippen LogP contribution in [-0.4, -0.2) is 0 Å². The Balaban J connectivity index is 0.000000452. The van der Waals surface area contributed by atoms with Crippen LogP contribution in [0.4, 0.5) is 0 Å². The van der Waals surface area contributed by atoms with Crippen molar-refractivity contribution in [2.45, 2.75) is 40.0 Å². The standard InChI is InChI=1S/C15H15PS.C3H8/c1-9-7-12-11-5-3-4-6-14(11)17-15(12)10(2)13(16)8-9;1-3-2/h3-8,10H,16H2,1-2H3;3H2,1-2H3. The summed E-state index contributed by atoms with van der Waals surface area (Å²) in [4.78, 5) is 1.49. The Morgan fingerprint density at radius 1 is 1.15 bits per heavy atom. The Kier molecular flexibility index (Phi) is 5.18. The topological polar surface area (TPSA) is 0 Å². The molecular weight excluding hydrogens is 279 g/mol. The number of fused-ring (bicyclic) bond motifs is 3. The molecule has 1 aromatic heterocycles. The summed E-state index contributed by atoms with van der Waals surface area (Å²) >= 11 is 1.93. The van der Waals surface area contributed by atoms with Gasteiger partial charge in [-0.2, -0.15) is 0 Å². The van der Waals surface area contributed by atoms with E-state index in [9.17, 15) is 0 Å². The molecule has 0 aliphatic heterocycles. The van der Waals surface area contributed by atoms with Gasteiger partial charge < -0.3 is 0 Å². The van der Waals surface area contributed by atoms with E-state index < -0.39 is 0 Å². The first kappa shape index (κ1) is 15.5. The van der Waals surface area contributed by atoms with Gasteiger partial charge in [0.05, 0.1) is 0 Å². The number of hydrogen-bond donors (Lipinski definition) is 0. The molecule has 106 valence electrons. The predicted molar refractivity (Wildman–Crippen MR) is 97.6 cm³/mol. The van der Waals surface area contributed by atoms with Crippen LogP contribution in [0.3, 0.4) is 0 Å². The van der Waals surface area contributed by atoms with E-state index in [1.807, 2.05) is 11.3 Å². The van der Waals surface area contributed by atoms with E-state index in [0.717, 1.165) is 0 Å². The zero-order valence-electron chi connectivity index (χ0n) is 12.7. The van der Waals surface area contributed by atoms with Crippen molar-refractivity contribution in [3.8, 4) is 0 Å². The minimum absolute atomic E-state index is 0.501. The van der Waals surface area contributed by atoms with Gasteiger partial charge in [-0.1, -0.05) is 63.1 Å². The molecular formula is C18H23PS. The number of benzene rings is 1. The van der Waals surface area contributed by atoms with Gasteiger partial charge in [0, 0.05) is 15.5 Å². The van der Waals surface area contributed by atoms with Crippen molar-refractivity contribution in [3.63, 3.8) is 0 Å². The summed E-state index contributed by atoms with van der Waals surface area (Å²) in [6, 6.07) is 8.70. The lowest BCUT2D eigenvalue weighted by molar-refractivity contribution is 0.980. The third kappa shape index (κ3) is 3.05. The van der Waals surface area contributed by atoms with Gasteiger partial charge in [-0.25, -0.2) is 0 Å². The Morgan fingerprint density at radius 2 is 1.80 bits per heavy atom. The van der Waals surface area contributed by atoms with Crippen molar-refractivity contribution in [1.29, 1.82) is 0 Å². The molecule has 1 heterocycles. The molecule has 0 bridgehead atoms. The van der Waals surface area contributed by atoms with Crippen molar-refractivity contribution in [2.24, 2.45) is 0 Å². The van der Waals surface area contributed by atoms with Crippen molar-refractivity contribution in [2.75, 3.05) is 0 Å². The fourth-order valence-corrected chi connectivity index (χ4v) is 4.18. The summed E-state index contributed by atoms with van der Waals surface area (Å²) in [7, 11) is 2.89. The molecule has 0 radical (unpaired) electrons. The fourth-order valence-electron chi connectivity index (χ4n) is 2.36. The summed E-state index contributed by atoms with van der Waals surface area (Å²) in [6.45, 7) is 8.72. The van der Waals surface area contributed by atoms with Crippen LogP contribution in [0.5, 0.6) is 0 Å². The van der Waals surface area contributed by atoms with Crippen LogP contribution < -0.4 is 0 Å². The Bertz CT molecular complexity index is 661. The summed E-state index contributed by atoms with van der Waals surface area (Å²) in [5.74, 6) is 0.501. The maximum absolute atomic E-state index is 2.89. The minimum atomic E-state index is 0.501. The molecule has 2 heteroatoms. The molecule has 0 N–H and O–H groups in total. The second-order valence-corrected chi connectivity index (χ2v) is 7.09. The van der Waals surface area contributed by atoms with E-state index in [1.165, 1.54) is 37.8 Å². The van der Waals surface area contributed by atoms with Crippen molar-refractivity contribution < 1.29 is 0 Å². The maximum Gasteiger partial charge on any atom is 0.0352 e. The number of hydrogen-bond acceptors (Lipinski definition) is 1. The highest BCUT2D eigenvalue weighted by Crippen LogP contribution is 2.43. The zero-order valence-corrected chi connectivity index (χ0v) is 14.7. The molecule has 1 aliphatic carbocycles. The Hall–Kier alpha value is -0.910. The summed E-state index contributed by atoms with van der Waals surface area (Å²) in [5, 5.41) is 2.77. The molecule has 0 fully saturated rings. The number of thiophene rings is 1. The van der Waals surface area contributed by atoms with Gasteiger partial charge in [-0.15, -0.1) is 20.6 Å². The molecule has 0 spiro atoms. The third-order valence-electron chi connectivity index (χ3n) is 3.32. The number of rotatable bonds is 0. The van der Waals surface area contributed by atoms with Gasteiger partial charge in [-0.05, 0) is 29.3 Å². The lowest BCUT2D eigenvalue weighted by atomic mass is 10.0. The van der Waals surface area contributed by atoms with Crippen LogP contribution in [0, 0.1) is 0 Å². The van der Waals surface area contributed by atoms with Crippen LogP contribution in [0.1, 0.15) is 50.5 Å². The van der Waals surface area contributed by atoms with Crippen LogP contribution in [0.2, 0.25) is 0 Å². The number of allylic oxidation sites excluding steroid dienone is 3. The average molecular weight is 302 g/mol. The van der Waals surface area contributed by atoms with Crippen molar-refractivity contribution in [1.82, 2.24) is 0 Å². The first-order chi connectivity index (χ1) is 9.58. The van der Waals surface area contributed by atoms with Crippen molar-refractivity contribution in [3.05, 3.63) is 51.7 Å². The van der Waals surface area contributed by atoms with Crippen molar-refractivity contribution >= 4 is 36.7 Å². The smallest absolute Gasteiger partial charge is 0.0352 e. The monoisotopic (exact) mass is 302 g/mol. The highest BCUT2D eigenvalue weighted by atomic mass is 32.1. The fraction of sp³-hybridized carbons (Fsp3) is 0.333. The van der Waals surface area contributed by atoms with Gasteiger partial charge in [0.2, 0.25) is 0 Å². The van der Waals surface area contributed by atoms with E-state index >= 15 is 0 Å². The molecule has 20 heavy (non-hydrogen) atoms. The first-order valence-electron chi connectivity index (χ1n) is 7.25. The molecule has 0 saturated carbocycles. The molecule has 0 amide bonds. The quantitative estimate of drug-likeness (QED) is 0.481. The molecule has 2 atom stereocenters. The zero-order chi connectivity index (χ0) is 14.7. The molecule has 2 aromatic rings. The Labute approximate surface area is 128 Å². The summed E-state index contributed by atoms with van der Waals surface area (Å²) in [5.41, 5.74) is 2.76. The lowest BCUT2D eigenvalue weighted by Crippen LogP contribution is -1.89. The van der Waals surface area contributed by atoms with E-state index in [1.54, 1.807) is 0 Å². The van der Waals surface area contributed by atoms with E-state index in [0.29, 0.717) is 5.92 Å². The van der Waals surface area contributed by atoms with Crippen LogP contribution in [0.25, 0.3) is 16.2 Å². The van der Waals surface area contributed by atoms with E-state index in [-0.39, 0.29) is 0 Å². The van der Waals surface area contributed by atoms with Crippen LogP contribution >= 0.6 is 20.6 Å². The van der Waals surface area contributed by atoms with Crippen LogP contribution in [0.15, 0.2) is 41.2 Å². The second-order valence-electron chi connectivity index (χ2n) is 5.34.